The van der Waals surface area contributed by atoms with Gasteiger partial charge in [0.05, 0.1) is 28.5 Å². The van der Waals surface area contributed by atoms with Gasteiger partial charge in [0.1, 0.15) is 0 Å². The number of pyridine rings is 1. The van der Waals surface area contributed by atoms with Gasteiger partial charge in [-0.1, -0.05) is 31.5 Å². The predicted octanol–water partition coefficient (Wildman–Crippen LogP) is 8.65. The third-order valence-electron chi connectivity index (χ3n) is 9.54. The number of nitrogens with one attached hydrogen (secondary N) is 1. The van der Waals surface area contributed by atoms with Crippen LogP contribution < -0.4 is 20.0 Å². The lowest BCUT2D eigenvalue weighted by atomic mass is 9.91. The van der Waals surface area contributed by atoms with E-state index in [2.05, 4.69) is 121 Å². The smallest absolute Gasteiger partial charge is 0.174 e. The van der Waals surface area contributed by atoms with E-state index in [4.69, 9.17) is 28.8 Å². The van der Waals surface area contributed by atoms with Crippen LogP contribution in [0.2, 0.25) is 5.02 Å². The number of aryl methyl sites for hydroxylation is 1. The van der Waals surface area contributed by atoms with Crippen LogP contribution in [0.25, 0.3) is 5.69 Å². The van der Waals surface area contributed by atoms with Gasteiger partial charge in [0.25, 0.3) is 0 Å². The van der Waals surface area contributed by atoms with E-state index in [0.717, 1.165) is 54.0 Å². The lowest BCUT2D eigenvalue weighted by Crippen LogP contribution is -2.38. The van der Waals surface area contributed by atoms with Gasteiger partial charge in [-0.3, -0.25) is 4.98 Å². The molecule has 4 aromatic rings. The fourth-order valence-corrected chi connectivity index (χ4v) is 8.24. The van der Waals surface area contributed by atoms with Gasteiger partial charge >= 0.3 is 0 Å². The van der Waals surface area contributed by atoms with Gasteiger partial charge in [0.15, 0.2) is 5.11 Å². The highest BCUT2D eigenvalue weighted by molar-refractivity contribution is 7.80. The highest BCUT2D eigenvalue weighted by Gasteiger charge is 2.42. The number of hydrogen-bond donors (Lipinski definition) is 1. The lowest BCUT2D eigenvalue weighted by Gasteiger charge is -2.37. The van der Waals surface area contributed by atoms with Crippen molar-refractivity contribution in [2.45, 2.75) is 60.0 Å². The van der Waals surface area contributed by atoms with Gasteiger partial charge in [-0.15, -0.1) is 0 Å². The van der Waals surface area contributed by atoms with E-state index in [1.807, 2.05) is 18.3 Å². The van der Waals surface area contributed by atoms with Crippen LogP contribution in [0.4, 0.5) is 17.1 Å². The molecule has 2 saturated heterocycles. The van der Waals surface area contributed by atoms with Crippen LogP contribution in [0, 0.1) is 25.7 Å². The fourth-order valence-electron chi connectivity index (χ4n) is 7.60. The largest absolute Gasteiger partial charge is 0.372 e. The third-order valence-corrected chi connectivity index (χ3v) is 10.2. The first-order valence-corrected chi connectivity index (χ1v) is 17.1. The van der Waals surface area contributed by atoms with E-state index in [0.29, 0.717) is 16.9 Å². The van der Waals surface area contributed by atoms with Crippen LogP contribution in [-0.4, -0.2) is 40.8 Å². The van der Waals surface area contributed by atoms with Crippen LogP contribution in [0.15, 0.2) is 72.9 Å². The molecule has 2 aromatic carbocycles. The zero-order valence-electron chi connectivity index (χ0n) is 27.3. The number of benzene rings is 2. The summed E-state index contributed by atoms with van der Waals surface area (Å²) in [6.07, 6.45) is 3.11. The number of aromatic nitrogens is 2. The molecule has 6 rings (SSSR count). The maximum Gasteiger partial charge on any atom is 0.174 e. The van der Waals surface area contributed by atoms with Crippen LogP contribution in [0.1, 0.15) is 68.8 Å². The van der Waals surface area contributed by atoms with Gasteiger partial charge in [-0.2, -0.15) is 0 Å². The summed E-state index contributed by atoms with van der Waals surface area (Å²) in [4.78, 5) is 11.8. The van der Waals surface area contributed by atoms with Gasteiger partial charge in [-0.05, 0) is 124 Å². The molecule has 6 nitrogen and oxygen atoms in total. The Morgan fingerprint density at radius 2 is 1.62 bits per heavy atom. The van der Waals surface area contributed by atoms with E-state index >= 15 is 0 Å². The number of anilines is 3. The fraction of sp³-hybridized carbons (Fsp3) is 0.405. The second-order valence-electron chi connectivity index (χ2n) is 12.8. The summed E-state index contributed by atoms with van der Waals surface area (Å²) in [5, 5.41) is 5.07. The Morgan fingerprint density at radius 3 is 2.24 bits per heavy atom. The molecular weight excluding hydrogens is 596 g/mol. The second-order valence-corrected chi connectivity index (χ2v) is 13.6. The Bertz CT molecular complexity index is 1640. The van der Waals surface area contributed by atoms with E-state index in [1.165, 1.54) is 29.1 Å². The van der Waals surface area contributed by atoms with Crippen molar-refractivity contribution in [3.63, 3.8) is 0 Å². The molecule has 0 spiro atoms. The van der Waals surface area contributed by atoms with Gasteiger partial charge in [-0.25, -0.2) is 0 Å². The number of nitrogens with zero attached hydrogens (tertiary/aromatic N) is 5. The van der Waals surface area contributed by atoms with Crippen LogP contribution in [-0.2, 0) is 0 Å². The standard InChI is InChI=1S/C37H45ClN6S/c1-7-41(8-2)28-12-14-29(15-13-28)43-26(5)20-31(27(43)6)36-35(33-11-9-10-18-39-33)40-37(45)44(36)30-16-17-34(32(38)21-30)42-22-24(3)19-25(4)23-42/h9-18,20-21,24-25,35-36H,7-8,19,22-23H2,1-6H3,(H,40,45)/t24-,25-,35+,36-/m1/s1. The van der Waals surface area contributed by atoms with Gasteiger partial charge < -0.3 is 24.6 Å². The molecule has 2 aliphatic heterocycles. The molecule has 0 aliphatic carbocycles. The lowest BCUT2D eigenvalue weighted by molar-refractivity contribution is 0.357. The van der Waals surface area contributed by atoms with E-state index in [9.17, 15) is 0 Å². The predicted molar refractivity (Wildman–Crippen MR) is 193 cm³/mol. The number of thiocarbonyl (C=S) groups is 1. The highest BCUT2D eigenvalue weighted by Crippen LogP contribution is 2.45. The molecule has 0 radical (unpaired) electrons. The molecule has 8 heteroatoms. The molecule has 1 N–H and O–H groups in total. The summed E-state index contributed by atoms with van der Waals surface area (Å²) in [6, 6.07) is 23.5. The summed E-state index contributed by atoms with van der Waals surface area (Å²) < 4.78 is 2.35. The average molecular weight is 641 g/mol. The van der Waals surface area contributed by atoms with Gasteiger partial charge in [0.2, 0.25) is 0 Å². The first-order chi connectivity index (χ1) is 21.7. The monoisotopic (exact) mass is 640 g/mol. The minimum Gasteiger partial charge on any atom is -0.372 e. The molecule has 0 unspecified atom stereocenters. The van der Waals surface area contributed by atoms with E-state index in [1.54, 1.807) is 0 Å². The molecule has 2 aromatic heterocycles. The second kappa shape index (κ2) is 13.1. The molecule has 4 atom stereocenters. The molecule has 236 valence electrons. The normalized spacial score (nSPS) is 21.7. The van der Waals surface area contributed by atoms with Crippen LogP contribution in [0.5, 0.6) is 0 Å². The minimum atomic E-state index is -0.125. The first-order valence-electron chi connectivity index (χ1n) is 16.3. The van der Waals surface area contributed by atoms with Crippen LogP contribution >= 0.6 is 23.8 Å². The Labute approximate surface area is 279 Å². The van der Waals surface area contributed by atoms with Crippen molar-refractivity contribution >= 4 is 46.0 Å². The molecule has 0 amide bonds. The highest BCUT2D eigenvalue weighted by atomic mass is 35.5. The molecule has 2 fully saturated rings. The van der Waals surface area contributed by atoms with Gasteiger partial charge in [0, 0.05) is 60.8 Å². The summed E-state index contributed by atoms with van der Waals surface area (Å²) in [7, 11) is 0. The summed E-state index contributed by atoms with van der Waals surface area (Å²) in [5.74, 6) is 1.29. The summed E-state index contributed by atoms with van der Waals surface area (Å²) >= 11 is 13.1. The SMILES string of the molecule is CCN(CC)c1ccc(-n2c(C)cc([C@@H]3[C@H](c4ccccn4)NC(=S)N3c3ccc(N4C[C@H](C)C[C@@H](C)C4)c(Cl)c3)c2C)cc1. The van der Waals surface area contributed by atoms with Crippen molar-refractivity contribution in [2.75, 3.05) is 40.9 Å². The molecule has 0 saturated carbocycles. The van der Waals surface area contributed by atoms with Crippen molar-refractivity contribution in [3.8, 4) is 5.69 Å². The zero-order valence-corrected chi connectivity index (χ0v) is 28.9. The Balaban J connectivity index is 1.41. The first kappa shape index (κ1) is 31.4. The number of halogens is 1. The van der Waals surface area contributed by atoms with Crippen molar-refractivity contribution in [3.05, 3.63) is 101 Å². The van der Waals surface area contributed by atoms with Crippen molar-refractivity contribution in [2.24, 2.45) is 11.8 Å². The minimum absolute atomic E-state index is 0.112. The van der Waals surface area contributed by atoms with E-state index in [-0.39, 0.29) is 12.1 Å². The summed E-state index contributed by atoms with van der Waals surface area (Å²) in [6.45, 7) is 17.5. The van der Waals surface area contributed by atoms with Crippen molar-refractivity contribution in [1.82, 2.24) is 14.9 Å². The van der Waals surface area contributed by atoms with Crippen LogP contribution in [0.3, 0.4) is 0 Å². The molecular formula is C37H45ClN6S. The van der Waals surface area contributed by atoms with Crippen molar-refractivity contribution < 1.29 is 0 Å². The molecule has 4 heterocycles. The molecule has 0 bridgehead atoms. The zero-order chi connectivity index (χ0) is 31.8. The number of hydrogen-bond acceptors (Lipinski definition) is 4. The topological polar surface area (TPSA) is 39.6 Å². The Morgan fingerprint density at radius 1 is 0.933 bits per heavy atom. The molecule has 45 heavy (non-hydrogen) atoms. The quantitative estimate of drug-likeness (QED) is 0.194. The maximum absolute atomic E-state index is 7.08. The summed E-state index contributed by atoms with van der Waals surface area (Å²) in [5.41, 5.74) is 9.01. The molecule has 2 aliphatic rings. The average Bonchev–Trinajstić information content (AvgIpc) is 3.52. The number of piperidine rings is 1. The Kier molecular flexibility index (Phi) is 9.12. The maximum atomic E-state index is 7.08. The van der Waals surface area contributed by atoms with Crippen molar-refractivity contribution in [1.29, 1.82) is 0 Å². The Hall–Kier alpha value is -3.55. The number of rotatable bonds is 8. The van der Waals surface area contributed by atoms with E-state index < -0.39 is 0 Å². The third kappa shape index (κ3) is 6.05.